The van der Waals surface area contributed by atoms with Crippen LogP contribution in [-0.4, -0.2) is 54.9 Å². The summed E-state index contributed by atoms with van der Waals surface area (Å²) >= 11 is 0. The monoisotopic (exact) mass is 389 g/mol. The number of nitrogens with two attached hydrogens (primary N) is 1. The van der Waals surface area contributed by atoms with Gasteiger partial charge < -0.3 is 15.4 Å². The predicted octanol–water partition coefficient (Wildman–Crippen LogP) is 2.80. The summed E-state index contributed by atoms with van der Waals surface area (Å²) in [4.78, 5) is 27.7. The minimum Gasteiger partial charge on any atom is -0.494 e. The third-order valence-electron chi connectivity index (χ3n) is 5.40. The Labute approximate surface area is 169 Å². The van der Waals surface area contributed by atoms with Gasteiger partial charge in [0.1, 0.15) is 5.75 Å². The van der Waals surface area contributed by atoms with Gasteiger partial charge >= 0.3 is 0 Å². The quantitative estimate of drug-likeness (QED) is 0.631. The molecule has 1 aromatic rings. The van der Waals surface area contributed by atoms with Gasteiger partial charge in [-0.05, 0) is 43.5 Å². The number of nitrogens with zero attached hydrogens (tertiary/aromatic N) is 2. The molecule has 0 atom stereocenters. The highest BCUT2D eigenvalue weighted by atomic mass is 16.5. The number of hydrogen-bond donors (Lipinski definition) is 1. The summed E-state index contributed by atoms with van der Waals surface area (Å²) in [6, 6.07) is 7.78. The molecule has 0 bridgehead atoms. The fourth-order valence-electron chi connectivity index (χ4n) is 3.81. The van der Waals surface area contributed by atoms with Gasteiger partial charge in [0.25, 0.3) is 0 Å². The lowest BCUT2D eigenvalue weighted by Gasteiger charge is -2.27. The average Bonchev–Trinajstić information content (AvgIpc) is 2.68. The number of carbonyl (C=O) groups excluding carboxylic acids is 2. The first-order valence-corrected chi connectivity index (χ1v) is 10.4. The normalized spacial score (nSPS) is 14.8. The van der Waals surface area contributed by atoms with Crippen molar-refractivity contribution in [3.63, 3.8) is 0 Å². The summed E-state index contributed by atoms with van der Waals surface area (Å²) in [5.41, 5.74) is 6.44. The van der Waals surface area contributed by atoms with E-state index in [1.54, 1.807) is 11.9 Å². The average molecular weight is 390 g/mol. The first kappa shape index (κ1) is 22.2. The molecule has 0 heterocycles. The summed E-state index contributed by atoms with van der Waals surface area (Å²) in [5.74, 6) is 1.15. The van der Waals surface area contributed by atoms with E-state index < -0.39 is 0 Å². The minimum atomic E-state index is -0.384. The molecule has 1 aliphatic rings. The van der Waals surface area contributed by atoms with Gasteiger partial charge in [-0.2, -0.15) is 0 Å². The van der Waals surface area contributed by atoms with E-state index in [2.05, 4.69) is 0 Å². The van der Waals surface area contributed by atoms with Crippen LogP contribution in [0.1, 0.15) is 51.0 Å². The van der Waals surface area contributed by atoms with Gasteiger partial charge in [-0.1, -0.05) is 44.2 Å². The van der Waals surface area contributed by atoms with Crippen molar-refractivity contribution in [3.05, 3.63) is 29.8 Å². The molecular weight excluding hydrogens is 354 g/mol. The molecule has 1 fully saturated rings. The van der Waals surface area contributed by atoms with Crippen LogP contribution in [0.4, 0.5) is 0 Å². The maximum absolute atomic E-state index is 12.7. The zero-order chi connectivity index (χ0) is 20.4. The lowest BCUT2D eigenvalue weighted by molar-refractivity contribution is -0.132. The van der Waals surface area contributed by atoms with Crippen LogP contribution >= 0.6 is 0 Å². The van der Waals surface area contributed by atoms with Crippen LogP contribution in [0.5, 0.6) is 5.75 Å². The van der Waals surface area contributed by atoms with Crippen LogP contribution in [0, 0.1) is 5.92 Å². The molecule has 0 saturated heterocycles. The van der Waals surface area contributed by atoms with Crippen molar-refractivity contribution in [1.82, 2.24) is 9.80 Å². The molecule has 0 aliphatic heterocycles. The molecular formula is C22H35N3O3. The molecule has 0 aromatic heterocycles. The van der Waals surface area contributed by atoms with E-state index in [1.807, 2.05) is 36.1 Å². The Morgan fingerprint density at radius 3 is 2.39 bits per heavy atom. The second-order valence-electron chi connectivity index (χ2n) is 7.80. The van der Waals surface area contributed by atoms with E-state index in [0.29, 0.717) is 19.1 Å². The lowest BCUT2D eigenvalue weighted by atomic mass is 9.87. The maximum atomic E-state index is 12.7. The number of benzene rings is 1. The zero-order valence-corrected chi connectivity index (χ0v) is 17.4. The number of primary amides is 1. The first-order valence-electron chi connectivity index (χ1n) is 10.4. The maximum Gasteiger partial charge on any atom is 0.236 e. The van der Waals surface area contributed by atoms with Crippen molar-refractivity contribution in [2.24, 2.45) is 11.7 Å². The van der Waals surface area contributed by atoms with E-state index in [-0.39, 0.29) is 24.9 Å². The summed E-state index contributed by atoms with van der Waals surface area (Å²) in [7, 11) is 1.79. The molecule has 0 unspecified atom stereocenters. The van der Waals surface area contributed by atoms with E-state index in [4.69, 9.17) is 10.5 Å². The third kappa shape index (κ3) is 7.89. The van der Waals surface area contributed by atoms with Crippen molar-refractivity contribution in [2.45, 2.75) is 52.0 Å². The smallest absolute Gasteiger partial charge is 0.236 e. The third-order valence-corrected chi connectivity index (χ3v) is 5.40. The van der Waals surface area contributed by atoms with Crippen molar-refractivity contribution in [2.75, 3.05) is 33.3 Å². The molecule has 6 heteroatoms. The van der Waals surface area contributed by atoms with Gasteiger partial charge in [-0.15, -0.1) is 0 Å². The summed E-state index contributed by atoms with van der Waals surface area (Å²) in [6.07, 6.45) is 7.47. The van der Waals surface area contributed by atoms with Crippen LogP contribution in [0.3, 0.4) is 0 Å². The van der Waals surface area contributed by atoms with Crippen LogP contribution < -0.4 is 10.5 Å². The van der Waals surface area contributed by atoms with E-state index in [1.165, 1.54) is 32.1 Å². The molecule has 2 N–H and O–H groups in total. The number of hydrogen-bond acceptors (Lipinski definition) is 4. The lowest BCUT2D eigenvalue weighted by Crippen LogP contribution is -2.42. The van der Waals surface area contributed by atoms with Crippen LogP contribution in [0.2, 0.25) is 0 Å². The second kappa shape index (κ2) is 11.7. The van der Waals surface area contributed by atoms with Crippen molar-refractivity contribution in [3.8, 4) is 5.75 Å². The number of ether oxygens (including phenoxy) is 1. The van der Waals surface area contributed by atoms with Gasteiger partial charge in [0.05, 0.1) is 19.7 Å². The molecule has 1 aliphatic carbocycles. The Kier molecular flexibility index (Phi) is 9.28. The summed E-state index contributed by atoms with van der Waals surface area (Å²) < 4.78 is 5.45. The number of rotatable bonds is 11. The van der Waals surface area contributed by atoms with Gasteiger partial charge in [0.2, 0.25) is 11.8 Å². The highest BCUT2D eigenvalue weighted by molar-refractivity contribution is 5.80. The van der Waals surface area contributed by atoms with E-state index in [9.17, 15) is 9.59 Å². The van der Waals surface area contributed by atoms with Crippen LogP contribution in [0.15, 0.2) is 24.3 Å². The number of likely N-dealkylation sites (N-methyl/N-ethyl adjacent to an activating group) is 1. The Hall–Kier alpha value is -2.08. The topological polar surface area (TPSA) is 75.9 Å². The van der Waals surface area contributed by atoms with Gasteiger partial charge in [0, 0.05) is 13.6 Å². The molecule has 0 spiro atoms. The standard InChI is InChI=1S/C22H35N3O3/c1-3-28-20-11-9-19(10-12-20)15-24(2)22(27)17-25(16-21(23)26)14-13-18-7-5-4-6-8-18/h9-12,18H,3-8,13-17H2,1-2H3,(H2,23,26). The molecule has 0 radical (unpaired) electrons. The predicted molar refractivity (Wildman–Crippen MR) is 111 cm³/mol. The zero-order valence-electron chi connectivity index (χ0n) is 17.4. The first-order chi connectivity index (χ1) is 13.5. The van der Waals surface area contributed by atoms with Crippen molar-refractivity contribution in [1.29, 1.82) is 0 Å². The van der Waals surface area contributed by atoms with E-state index >= 15 is 0 Å². The highest BCUT2D eigenvalue weighted by Gasteiger charge is 2.19. The van der Waals surface area contributed by atoms with Gasteiger partial charge in [-0.3, -0.25) is 14.5 Å². The van der Waals surface area contributed by atoms with Gasteiger partial charge in [-0.25, -0.2) is 0 Å². The summed E-state index contributed by atoms with van der Waals surface area (Å²) in [5, 5.41) is 0. The molecule has 1 saturated carbocycles. The molecule has 6 nitrogen and oxygen atoms in total. The van der Waals surface area contributed by atoms with Crippen molar-refractivity contribution < 1.29 is 14.3 Å². The second-order valence-corrected chi connectivity index (χ2v) is 7.80. The molecule has 156 valence electrons. The Balaban J connectivity index is 1.84. The molecule has 1 aromatic carbocycles. The number of amides is 2. The molecule has 2 amide bonds. The number of carbonyl (C=O) groups is 2. The van der Waals surface area contributed by atoms with E-state index in [0.717, 1.165) is 24.3 Å². The highest BCUT2D eigenvalue weighted by Crippen LogP contribution is 2.26. The Bertz CT molecular complexity index is 612. The summed E-state index contributed by atoms with van der Waals surface area (Å²) in [6.45, 7) is 4.22. The molecule has 28 heavy (non-hydrogen) atoms. The largest absolute Gasteiger partial charge is 0.494 e. The molecule has 2 rings (SSSR count). The fourth-order valence-corrected chi connectivity index (χ4v) is 3.81. The SMILES string of the molecule is CCOc1ccc(CN(C)C(=O)CN(CCC2CCCCC2)CC(N)=O)cc1. The van der Waals surface area contributed by atoms with Crippen LogP contribution in [0.25, 0.3) is 0 Å². The van der Waals surface area contributed by atoms with Crippen molar-refractivity contribution >= 4 is 11.8 Å². The Morgan fingerprint density at radius 1 is 1.11 bits per heavy atom. The fraction of sp³-hybridized carbons (Fsp3) is 0.636. The van der Waals surface area contributed by atoms with Gasteiger partial charge in [0.15, 0.2) is 0 Å². The minimum absolute atomic E-state index is 0.00113. The Morgan fingerprint density at radius 2 is 1.79 bits per heavy atom. The van der Waals surface area contributed by atoms with Crippen LogP contribution in [-0.2, 0) is 16.1 Å².